The van der Waals surface area contributed by atoms with E-state index in [1.54, 1.807) is 11.6 Å². The summed E-state index contributed by atoms with van der Waals surface area (Å²) in [4.78, 5) is 27.2. The fourth-order valence-electron chi connectivity index (χ4n) is 3.21. The molecule has 2 aliphatic rings. The van der Waals surface area contributed by atoms with Gasteiger partial charge in [0.25, 0.3) is 0 Å². The van der Waals surface area contributed by atoms with Crippen molar-refractivity contribution in [2.45, 2.75) is 6.54 Å². The number of hydrogen-bond donors (Lipinski definition) is 0. The molecule has 2 amide bonds. The van der Waals surface area contributed by atoms with Gasteiger partial charge in [0.15, 0.2) is 0 Å². The number of amides is 2. The quantitative estimate of drug-likeness (QED) is 0.707. The van der Waals surface area contributed by atoms with Crippen LogP contribution in [0.4, 0.5) is 0 Å². The van der Waals surface area contributed by atoms with Crippen molar-refractivity contribution in [1.82, 2.24) is 14.4 Å². The highest BCUT2D eigenvalue weighted by Gasteiger charge is 2.50. The van der Waals surface area contributed by atoms with Gasteiger partial charge in [-0.05, 0) is 11.6 Å². The molecule has 1 aromatic rings. The molecule has 6 heteroatoms. The maximum Gasteiger partial charge on any atom is 0.234 e. The molecule has 0 bridgehead atoms. The van der Waals surface area contributed by atoms with E-state index in [0.717, 1.165) is 5.56 Å². The van der Waals surface area contributed by atoms with Crippen molar-refractivity contribution in [3.63, 3.8) is 0 Å². The first-order valence-corrected chi connectivity index (χ1v) is 6.60. The summed E-state index contributed by atoms with van der Waals surface area (Å²) in [6.45, 7) is 1.92. The molecule has 2 atom stereocenters. The smallest absolute Gasteiger partial charge is 0.234 e. The number of hydrogen-bond acceptors (Lipinski definition) is 4. The first kappa shape index (κ1) is 12.9. The Hall–Kier alpha value is -2.13. The van der Waals surface area contributed by atoms with Crippen molar-refractivity contribution < 1.29 is 9.59 Å². The Kier molecular flexibility index (Phi) is 2.87. The molecule has 0 aromatic carbocycles. The van der Waals surface area contributed by atoms with Gasteiger partial charge in [0.2, 0.25) is 11.8 Å². The van der Waals surface area contributed by atoms with Crippen LogP contribution in [0.3, 0.4) is 0 Å². The number of nitrogens with zero attached hydrogens (tertiary/aromatic N) is 4. The van der Waals surface area contributed by atoms with Crippen LogP contribution in [0.2, 0.25) is 0 Å². The van der Waals surface area contributed by atoms with Crippen molar-refractivity contribution >= 4 is 11.8 Å². The van der Waals surface area contributed by atoms with Crippen LogP contribution < -0.4 is 0 Å². The third kappa shape index (κ3) is 1.82. The fourth-order valence-corrected chi connectivity index (χ4v) is 3.21. The highest BCUT2D eigenvalue weighted by Crippen LogP contribution is 2.33. The molecule has 0 unspecified atom stereocenters. The van der Waals surface area contributed by atoms with E-state index in [-0.39, 0.29) is 23.7 Å². The van der Waals surface area contributed by atoms with E-state index in [4.69, 9.17) is 5.26 Å². The van der Waals surface area contributed by atoms with Crippen LogP contribution in [0.5, 0.6) is 0 Å². The molecule has 2 saturated heterocycles. The SMILES string of the molecule is CN1C(=O)[C@H]2CN(Cc3cc(C#N)n(C)c3)C[C@H]2C1=O. The Morgan fingerprint density at radius 2 is 1.85 bits per heavy atom. The first-order valence-electron chi connectivity index (χ1n) is 6.60. The van der Waals surface area contributed by atoms with E-state index < -0.39 is 0 Å². The van der Waals surface area contributed by atoms with Crippen LogP contribution in [-0.2, 0) is 23.2 Å². The lowest BCUT2D eigenvalue weighted by Crippen LogP contribution is -2.32. The van der Waals surface area contributed by atoms with Crippen LogP contribution in [-0.4, -0.2) is 46.3 Å². The van der Waals surface area contributed by atoms with Gasteiger partial charge in [-0.3, -0.25) is 19.4 Å². The van der Waals surface area contributed by atoms with Crippen molar-refractivity contribution in [1.29, 1.82) is 5.26 Å². The number of nitriles is 1. The first-order chi connectivity index (χ1) is 9.51. The molecule has 0 N–H and O–H groups in total. The number of imide groups is 1. The molecule has 0 saturated carbocycles. The molecule has 3 rings (SSSR count). The van der Waals surface area contributed by atoms with Crippen molar-refractivity contribution in [2.24, 2.45) is 18.9 Å². The summed E-state index contributed by atoms with van der Waals surface area (Å²) in [5.74, 6) is -0.500. The number of aryl methyl sites for hydroxylation is 1. The monoisotopic (exact) mass is 272 g/mol. The summed E-state index contributed by atoms with van der Waals surface area (Å²) in [5.41, 5.74) is 1.66. The van der Waals surface area contributed by atoms with E-state index in [1.165, 1.54) is 4.90 Å². The van der Waals surface area contributed by atoms with Crippen LogP contribution in [0.1, 0.15) is 11.3 Å². The maximum absolute atomic E-state index is 11.9. The number of carbonyl (C=O) groups is 2. The molecule has 1 aromatic heterocycles. The lowest BCUT2D eigenvalue weighted by atomic mass is 10.00. The maximum atomic E-state index is 11.9. The predicted octanol–water partition coefficient (Wildman–Crippen LogP) is -0.0566. The summed E-state index contributed by atoms with van der Waals surface area (Å²) >= 11 is 0. The zero-order valence-corrected chi connectivity index (χ0v) is 11.5. The largest absolute Gasteiger partial charge is 0.342 e. The zero-order chi connectivity index (χ0) is 14.4. The molecular formula is C14H16N4O2. The summed E-state index contributed by atoms with van der Waals surface area (Å²) < 4.78 is 1.79. The second-order valence-corrected chi connectivity index (χ2v) is 5.60. The van der Waals surface area contributed by atoms with E-state index in [9.17, 15) is 9.59 Å². The van der Waals surface area contributed by atoms with Gasteiger partial charge in [-0.1, -0.05) is 0 Å². The van der Waals surface area contributed by atoms with Gasteiger partial charge in [-0.2, -0.15) is 5.26 Å². The van der Waals surface area contributed by atoms with E-state index in [2.05, 4.69) is 11.0 Å². The second-order valence-electron chi connectivity index (χ2n) is 5.60. The molecule has 0 spiro atoms. The summed E-state index contributed by atoms with van der Waals surface area (Å²) in [7, 11) is 3.40. The second kappa shape index (κ2) is 4.46. The average Bonchev–Trinajstić information content (AvgIpc) is 3.04. The minimum atomic E-state index is -0.188. The van der Waals surface area contributed by atoms with Gasteiger partial charge in [0, 0.05) is 39.9 Å². The van der Waals surface area contributed by atoms with E-state index >= 15 is 0 Å². The van der Waals surface area contributed by atoms with Gasteiger partial charge in [0.05, 0.1) is 11.8 Å². The van der Waals surface area contributed by atoms with Gasteiger partial charge in [-0.15, -0.1) is 0 Å². The topological polar surface area (TPSA) is 69.3 Å². The molecule has 20 heavy (non-hydrogen) atoms. The molecule has 2 aliphatic heterocycles. The molecule has 2 fully saturated rings. The number of fused-ring (bicyclic) bond motifs is 1. The Morgan fingerprint density at radius 3 is 2.35 bits per heavy atom. The summed E-state index contributed by atoms with van der Waals surface area (Å²) in [6, 6.07) is 3.98. The fraction of sp³-hybridized carbons (Fsp3) is 0.500. The normalized spacial score (nSPS) is 26.1. The predicted molar refractivity (Wildman–Crippen MR) is 70.2 cm³/mol. The Bertz CT molecular complexity index is 604. The summed E-state index contributed by atoms with van der Waals surface area (Å²) in [6.07, 6.45) is 1.92. The van der Waals surface area contributed by atoms with Crippen LogP contribution >= 0.6 is 0 Å². The third-order valence-electron chi connectivity index (χ3n) is 4.27. The minimum Gasteiger partial charge on any atom is -0.342 e. The summed E-state index contributed by atoms with van der Waals surface area (Å²) in [5, 5.41) is 8.94. The lowest BCUT2D eigenvalue weighted by molar-refractivity contribution is -0.138. The molecule has 0 aliphatic carbocycles. The van der Waals surface area contributed by atoms with Crippen molar-refractivity contribution in [3.8, 4) is 6.07 Å². The van der Waals surface area contributed by atoms with Gasteiger partial charge in [-0.25, -0.2) is 0 Å². The number of carbonyl (C=O) groups excluding carboxylic acids is 2. The molecule has 0 radical (unpaired) electrons. The Morgan fingerprint density at radius 1 is 1.25 bits per heavy atom. The van der Waals surface area contributed by atoms with Gasteiger partial charge in [0.1, 0.15) is 11.8 Å². The van der Waals surface area contributed by atoms with Crippen LogP contribution in [0.15, 0.2) is 12.3 Å². The highest BCUT2D eigenvalue weighted by atomic mass is 16.2. The lowest BCUT2D eigenvalue weighted by Gasteiger charge is -2.17. The van der Waals surface area contributed by atoms with E-state index in [0.29, 0.717) is 25.3 Å². The van der Waals surface area contributed by atoms with Crippen LogP contribution in [0.25, 0.3) is 0 Å². The minimum absolute atomic E-state index is 0.0618. The van der Waals surface area contributed by atoms with Gasteiger partial charge >= 0.3 is 0 Å². The zero-order valence-electron chi connectivity index (χ0n) is 11.5. The van der Waals surface area contributed by atoms with Crippen molar-refractivity contribution in [3.05, 3.63) is 23.5 Å². The molecule has 3 heterocycles. The van der Waals surface area contributed by atoms with Crippen molar-refractivity contribution in [2.75, 3.05) is 20.1 Å². The third-order valence-corrected chi connectivity index (χ3v) is 4.27. The Labute approximate surface area is 117 Å². The van der Waals surface area contributed by atoms with Gasteiger partial charge < -0.3 is 4.57 Å². The molecule has 6 nitrogen and oxygen atoms in total. The highest BCUT2D eigenvalue weighted by molar-refractivity contribution is 6.05. The number of aromatic nitrogens is 1. The average molecular weight is 272 g/mol. The standard InChI is InChI=1S/C14H16N4O2/c1-16-5-9(3-10(16)4-15)6-18-7-11-12(8-18)14(20)17(2)13(11)19/h3,5,11-12H,6-8H2,1-2H3/t11-,12+. The molecule has 104 valence electrons. The number of likely N-dealkylation sites (tertiary alicyclic amines) is 2. The molecular weight excluding hydrogens is 256 g/mol. The van der Waals surface area contributed by atoms with E-state index in [1.807, 2.05) is 19.3 Å². The Balaban J connectivity index is 1.71. The number of rotatable bonds is 2. The van der Waals surface area contributed by atoms with Crippen LogP contribution in [0, 0.1) is 23.2 Å².